The molecule has 2 aliphatic rings. The lowest BCUT2D eigenvalue weighted by atomic mass is 9.76. The van der Waals surface area contributed by atoms with E-state index in [0.717, 1.165) is 28.5 Å². The van der Waals surface area contributed by atoms with Gasteiger partial charge in [-0.15, -0.1) is 17.2 Å². The van der Waals surface area contributed by atoms with Crippen LogP contribution in [0, 0.1) is 0 Å². The summed E-state index contributed by atoms with van der Waals surface area (Å²) in [6.07, 6.45) is 4.03. The maximum absolute atomic E-state index is 2.39. The molecular weight excluding hydrogens is 458 g/mol. The third kappa shape index (κ3) is 4.89. The molecule has 0 amide bonds. The van der Waals surface area contributed by atoms with Gasteiger partial charge in [-0.05, 0) is 76.0 Å². The van der Waals surface area contributed by atoms with E-state index in [1.54, 1.807) is 11.1 Å². The Bertz CT molecular complexity index is 1100. The van der Waals surface area contributed by atoms with E-state index in [1.807, 2.05) is 0 Å². The van der Waals surface area contributed by atoms with Gasteiger partial charge in [0.1, 0.15) is 0 Å². The van der Waals surface area contributed by atoms with Crippen molar-refractivity contribution in [3.05, 3.63) is 144 Å². The number of hydrogen-bond donors (Lipinski definition) is 0. The van der Waals surface area contributed by atoms with Crippen molar-refractivity contribution in [3.63, 3.8) is 0 Å². The molecule has 0 radical (unpaired) electrons. The minimum Gasteiger partial charge on any atom is -0.118 e. The molecule has 0 aliphatic carbocycles. The lowest BCUT2D eigenvalue weighted by Gasteiger charge is -2.31. The van der Waals surface area contributed by atoms with Crippen LogP contribution >= 0.6 is 17.2 Å². The van der Waals surface area contributed by atoms with Gasteiger partial charge in [0, 0.05) is 0 Å². The highest BCUT2D eigenvalue weighted by molar-refractivity contribution is 7.40. The second kappa shape index (κ2) is 10.8. The van der Waals surface area contributed by atoms with E-state index in [1.165, 1.54) is 29.9 Å². The molecule has 35 heavy (non-hydrogen) atoms. The predicted octanol–water partition coefficient (Wildman–Crippen LogP) is 8.63. The van der Waals surface area contributed by atoms with Crippen LogP contribution in [0.5, 0.6) is 0 Å². The standard InChI is InChI=1S/C33H34P2/c1-5-13-24(14-6-1)28-22-34-30(32(28)26-17-9-3-10-18-26)21-31-33(27-19-11-4-12-20-27)29(23-35-31)25-15-7-2-8-16-25/h1-20,28-35H,21-23H2/t28-,29-,30?,31?,32-,33-/m0/s1. The van der Waals surface area contributed by atoms with Gasteiger partial charge in [0.15, 0.2) is 0 Å². The molecule has 2 heteroatoms. The zero-order valence-corrected chi connectivity index (χ0v) is 22.1. The summed E-state index contributed by atoms with van der Waals surface area (Å²) in [7, 11) is 2.10. The fourth-order valence-corrected chi connectivity index (χ4v) is 11.2. The van der Waals surface area contributed by atoms with Crippen LogP contribution in [0.2, 0.25) is 0 Å². The first-order valence-electron chi connectivity index (χ1n) is 13.0. The fraction of sp³-hybridized carbons (Fsp3) is 0.273. The first-order chi connectivity index (χ1) is 17.4. The summed E-state index contributed by atoms with van der Waals surface area (Å²) < 4.78 is 0. The molecule has 4 aromatic rings. The minimum absolute atomic E-state index is 0.633. The Labute approximate surface area is 214 Å². The third-order valence-electron chi connectivity index (χ3n) is 8.27. The Morgan fingerprint density at radius 1 is 0.429 bits per heavy atom. The van der Waals surface area contributed by atoms with Crippen molar-refractivity contribution < 1.29 is 0 Å². The van der Waals surface area contributed by atoms with Crippen molar-refractivity contribution >= 4 is 17.2 Å². The summed E-state index contributed by atoms with van der Waals surface area (Å²) in [4.78, 5) is 0. The lowest BCUT2D eigenvalue weighted by Crippen LogP contribution is -2.23. The topological polar surface area (TPSA) is 0 Å². The van der Waals surface area contributed by atoms with E-state index < -0.39 is 0 Å². The first kappa shape index (κ1) is 23.2. The van der Waals surface area contributed by atoms with Crippen LogP contribution in [0.15, 0.2) is 121 Å². The van der Waals surface area contributed by atoms with Gasteiger partial charge in [-0.1, -0.05) is 121 Å². The molecule has 0 saturated carbocycles. The quantitative estimate of drug-likeness (QED) is 0.236. The predicted molar refractivity (Wildman–Crippen MR) is 155 cm³/mol. The zero-order chi connectivity index (χ0) is 23.5. The molecule has 0 bridgehead atoms. The molecule has 6 rings (SSSR count). The molecule has 8 atom stereocenters. The summed E-state index contributed by atoms with van der Waals surface area (Å²) in [6, 6.07) is 45.5. The lowest BCUT2D eigenvalue weighted by molar-refractivity contribution is 0.507. The maximum Gasteiger partial charge on any atom is -0.00243 e. The van der Waals surface area contributed by atoms with Gasteiger partial charge in [0.2, 0.25) is 0 Å². The van der Waals surface area contributed by atoms with Crippen molar-refractivity contribution in [2.75, 3.05) is 12.3 Å². The Balaban J connectivity index is 1.32. The van der Waals surface area contributed by atoms with Crippen LogP contribution in [0.3, 0.4) is 0 Å². The molecule has 4 aromatic carbocycles. The number of benzene rings is 4. The molecule has 0 aromatic heterocycles. The van der Waals surface area contributed by atoms with Crippen molar-refractivity contribution in [2.45, 2.75) is 41.4 Å². The summed E-state index contributed by atoms with van der Waals surface area (Å²) in [5, 5.41) is 0. The monoisotopic (exact) mass is 492 g/mol. The Morgan fingerprint density at radius 2 is 0.743 bits per heavy atom. The van der Waals surface area contributed by atoms with E-state index in [2.05, 4.69) is 121 Å². The highest BCUT2D eigenvalue weighted by Crippen LogP contribution is 2.59. The normalized spacial score (nSPS) is 29.6. The Kier molecular flexibility index (Phi) is 7.13. The van der Waals surface area contributed by atoms with Crippen molar-refractivity contribution in [3.8, 4) is 0 Å². The van der Waals surface area contributed by atoms with Crippen LogP contribution in [-0.2, 0) is 0 Å². The van der Waals surface area contributed by atoms with Gasteiger partial charge in [-0.25, -0.2) is 0 Å². The largest absolute Gasteiger partial charge is 0.118 e. The third-order valence-corrected chi connectivity index (χ3v) is 11.9. The molecule has 0 spiro atoms. The first-order valence-corrected chi connectivity index (χ1v) is 15.6. The van der Waals surface area contributed by atoms with Crippen molar-refractivity contribution in [2.24, 2.45) is 0 Å². The molecule has 2 fully saturated rings. The molecule has 2 aliphatic heterocycles. The summed E-state index contributed by atoms with van der Waals surface area (Å²) >= 11 is 0. The zero-order valence-electron chi connectivity index (χ0n) is 20.1. The SMILES string of the molecule is c1ccc([C@@H]2C(CC3PC[C@@H](c4ccccc4)[C@@H]3c3ccccc3)PC[C@H]2c2ccccc2)cc1. The van der Waals surface area contributed by atoms with Crippen LogP contribution in [0.4, 0.5) is 0 Å². The second-order valence-corrected chi connectivity index (χ2v) is 13.3. The van der Waals surface area contributed by atoms with Crippen LogP contribution in [-0.4, -0.2) is 23.6 Å². The van der Waals surface area contributed by atoms with Crippen LogP contribution < -0.4 is 0 Å². The molecule has 0 nitrogen and oxygen atoms in total. The van der Waals surface area contributed by atoms with E-state index in [-0.39, 0.29) is 0 Å². The molecule has 176 valence electrons. The van der Waals surface area contributed by atoms with Crippen LogP contribution in [0.1, 0.15) is 52.3 Å². The Morgan fingerprint density at radius 3 is 1.09 bits per heavy atom. The molecule has 2 heterocycles. The average molecular weight is 493 g/mol. The number of hydrogen-bond acceptors (Lipinski definition) is 0. The van der Waals surface area contributed by atoms with E-state index >= 15 is 0 Å². The van der Waals surface area contributed by atoms with Gasteiger partial charge >= 0.3 is 0 Å². The maximum atomic E-state index is 2.39. The van der Waals surface area contributed by atoms with Gasteiger partial charge in [-0.3, -0.25) is 0 Å². The van der Waals surface area contributed by atoms with Gasteiger partial charge in [0.05, 0.1) is 0 Å². The van der Waals surface area contributed by atoms with Gasteiger partial charge in [0.25, 0.3) is 0 Å². The molecule has 4 unspecified atom stereocenters. The van der Waals surface area contributed by atoms with Crippen LogP contribution in [0.25, 0.3) is 0 Å². The minimum atomic E-state index is 0.633. The molecule has 0 N–H and O–H groups in total. The smallest absolute Gasteiger partial charge is 0.00243 e. The number of rotatable bonds is 6. The summed E-state index contributed by atoms with van der Waals surface area (Å²) in [6.45, 7) is 0. The highest BCUT2D eigenvalue weighted by Gasteiger charge is 2.43. The molecular formula is C33H34P2. The van der Waals surface area contributed by atoms with Crippen molar-refractivity contribution in [1.29, 1.82) is 0 Å². The average Bonchev–Trinajstić information content (AvgIpc) is 3.55. The van der Waals surface area contributed by atoms with E-state index in [0.29, 0.717) is 23.7 Å². The van der Waals surface area contributed by atoms with E-state index in [9.17, 15) is 0 Å². The highest BCUT2D eigenvalue weighted by atomic mass is 31.1. The Hall–Kier alpha value is -2.26. The van der Waals surface area contributed by atoms with Gasteiger partial charge in [-0.2, -0.15) is 0 Å². The molecule has 2 saturated heterocycles. The second-order valence-electron chi connectivity index (χ2n) is 10.2. The van der Waals surface area contributed by atoms with E-state index in [4.69, 9.17) is 0 Å². The summed E-state index contributed by atoms with van der Waals surface area (Å²) in [5.74, 6) is 2.56. The van der Waals surface area contributed by atoms with Gasteiger partial charge < -0.3 is 0 Å². The summed E-state index contributed by atoms with van der Waals surface area (Å²) in [5.41, 5.74) is 7.72. The fourth-order valence-electron chi connectivity index (χ4n) is 6.69. The van der Waals surface area contributed by atoms with Crippen molar-refractivity contribution in [1.82, 2.24) is 0 Å².